The highest BCUT2D eigenvalue weighted by Crippen LogP contribution is 2.46. The molecule has 6 rings (SSSR count). The van der Waals surface area contributed by atoms with Crippen LogP contribution in [0.2, 0.25) is 0 Å². The topological polar surface area (TPSA) is 140 Å². The van der Waals surface area contributed by atoms with E-state index >= 15 is 0 Å². The van der Waals surface area contributed by atoms with Gasteiger partial charge < -0.3 is 25.6 Å². The van der Waals surface area contributed by atoms with Gasteiger partial charge in [-0.15, -0.1) is 11.3 Å². The van der Waals surface area contributed by atoms with Crippen LogP contribution in [0.1, 0.15) is 55.3 Å². The summed E-state index contributed by atoms with van der Waals surface area (Å²) in [5.41, 5.74) is 3.34. The quantitative estimate of drug-likeness (QED) is 0.172. The van der Waals surface area contributed by atoms with E-state index in [2.05, 4.69) is 27.0 Å². The van der Waals surface area contributed by atoms with Crippen LogP contribution in [0.5, 0.6) is 11.5 Å². The molecule has 246 valence electrons. The standard InChI is InChI=1S/C36H37N7O4S/c1-21-18-25(47-24-10-7-6-8-11-24)13-14-27(21)43-28-15-16-39-33-29(28)30(41-35(43)46)31(48-33)32(44)40-26-12-9-17-42(22(26)2)34(45)23(20-37)19-36(3,4)38-5/h6-8,10-11,13-16,18,23,38H,9,12,17,19H2,1-5H3,(H,40,44)(H,41,46). The lowest BCUT2D eigenvalue weighted by Crippen LogP contribution is -2.44. The molecule has 0 saturated heterocycles. The Morgan fingerprint density at radius 3 is 2.60 bits per heavy atom. The number of nitrogens with zero attached hydrogens (tertiary/aromatic N) is 4. The predicted molar refractivity (Wildman–Crippen MR) is 186 cm³/mol. The largest absolute Gasteiger partial charge is 0.457 e. The predicted octanol–water partition coefficient (Wildman–Crippen LogP) is 7.19. The van der Waals surface area contributed by atoms with Crippen LogP contribution in [0.4, 0.5) is 21.9 Å². The zero-order chi connectivity index (χ0) is 34.2. The molecule has 0 spiro atoms. The molecule has 2 aliphatic rings. The third kappa shape index (κ3) is 6.22. The molecule has 4 aromatic rings. The molecule has 0 radical (unpaired) electrons. The van der Waals surface area contributed by atoms with Crippen molar-refractivity contribution in [1.29, 1.82) is 5.26 Å². The van der Waals surface area contributed by atoms with Gasteiger partial charge in [0.15, 0.2) is 0 Å². The van der Waals surface area contributed by atoms with E-state index < -0.39 is 23.4 Å². The van der Waals surface area contributed by atoms with Crippen molar-refractivity contribution in [2.45, 2.75) is 52.5 Å². The van der Waals surface area contributed by atoms with E-state index in [0.29, 0.717) is 80.9 Å². The minimum absolute atomic E-state index is 0.280. The van der Waals surface area contributed by atoms with E-state index in [-0.39, 0.29) is 5.91 Å². The summed E-state index contributed by atoms with van der Waals surface area (Å²) in [7, 11) is 1.80. The fourth-order valence-corrected chi connectivity index (χ4v) is 7.10. The molecule has 2 aromatic carbocycles. The summed E-state index contributed by atoms with van der Waals surface area (Å²) < 4.78 is 5.99. The summed E-state index contributed by atoms with van der Waals surface area (Å²) in [6.07, 6.45) is 3.18. The number of thiophene rings is 1. The highest BCUT2D eigenvalue weighted by Gasteiger charge is 2.35. The van der Waals surface area contributed by atoms with Gasteiger partial charge in [0.1, 0.15) is 27.1 Å². The maximum absolute atomic E-state index is 13.8. The number of nitriles is 1. The third-order valence-corrected chi connectivity index (χ3v) is 9.96. The second kappa shape index (κ2) is 13.1. The van der Waals surface area contributed by atoms with Gasteiger partial charge in [0.2, 0.25) is 5.91 Å². The molecular weight excluding hydrogens is 627 g/mol. The zero-order valence-corrected chi connectivity index (χ0v) is 28.3. The summed E-state index contributed by atoms with van der Waals surface area (Å²) in [5.74, 6) is -0.153. The Hall–Kier alpha value is -5.25. The van der Waals surface area contributed by atoms with Crippen LogP contribution < -0.4 is 25.6 Å². The second-order valence-corrected chi connectivity index (χ2v) is 13.6. The number of nitrogens with one attached hydrogen (secondary N) is 3. The van der Waals surface area contributed by atoms with Crippen molar-refractivity contribution in [2.24, 2.45) is 5.92 Å². The van der Waals surface area contributed by atoms with Crippen molar-refractivity contribution in [1.82, 2.24) is 20.5 Å². The Labute approximate surface area is 283 Å². The number of hydrogen-bond acceptors (Lipinski definition) is 8. The van der Waals surface area contributed by atoms with Gasteiger partial charge in [0.05, 0.1) is 28.5 Å². The lowest BCUT2D eigenvalue weighted by Gasteiger charge is -2.34. The van der Waals surface area contributed by atoms with E-state index in [1.165, 1.54) is 11.3 Å². The summed E-state index contributed by atoms with van der Waals surface area (Å²) >= 11 is 1.19. The molecule has 3 N–H and O–H groups in total. The average molecular weight is 664 g/mol. The zero-order valence-electron chi connectivity index (χ0n) is 27.5. The number of anilines is 3. The number of pyridine rings is 1. The van der Waals surface area contributed by atoms with Crippen molar-refractivity contribution >= 4 is 56.5 Å². The molecule has 2 aromatic heterocycles. The Morgan fingerprint density at radius 1 is 1.12 bits per heavy atom. The van der Waals surface area contributed by atoms with Gasteiger partial charge >= 0.3 is 6.03 Å². The number of carbonyl (C=O) groups is 3. The minimum atomic E-state index is -0.830. The van der Waals surface area contributed by atoms with Gasteiger partial charge in [0.25, 0.3) is 5.91 Å². The molecular formula is C36H37N7O4S. The molecule has 2 aliphatic heterocycles. The maximum Gasteiger partial charge on any atom is 0.331 e. The third-order valence-electron chi connectivity index (χ3n) is 8.87. The molecule has 48 heavy (non-hydrogen) atoms. The number of urea groups is 1. The number of hydrogen-bond donors (Lipinski definition) is 3. The van der Waals surface area contributed by atoms with E-state index in [1.807, 2.05) is 69.3 Å². The van der Waals surface area contributed by atoms with Gasteiger partial charge in [-0.3, -0.25) is 14.5 Å². The molecule has 1 atom stereocenters. The minimum Gasteiger partial charge on any atom is -0.457 e. The average Bonchev–Trinajstić information content (AvgIpc) is 3.45. The first kappa shape index (κ1) is 32.7. The molecule has 11 nitrogen and oxygen atoms in total. The van der Waals surface area contributed by atoms with Gasteiger partial charge in [-0.25, -0.2) is 9.78 Å². The molecule has 1 unspecified atom stereocenters. The summed E-state index contributed by atoms with van der Waals surface area (Å²) in [5, 5.41) is 19.6. The smallest absolute Gasteiger partial charge is 0.331 e. The van der Waals surface area contributed by atoms with Crippen LogP contribution in [-0.2, 0) is 4.79 Å². The van der Waals surface area contributed by atoms with E-state index in [0.717, 1.165) is 5.56 Å². The number of aromatic nitrogens is 1. The summed E-state index contributed by atoms with van der Waals surface area (Å²) in [6.45, 7) is 8.06. The van der Waals surface area contributed by atoms with Crippen molar-refractivity contribution in [3.05, 3.63) is 82.6 Å². The molecule has 4 amide bonds. The number of benzene rings is 2. The van der Waals surface area contributed by atoms with Crippen LogP contribution in [0.15, 0.2) is 72.2 Å². The summed E-state index contributed by atoms with van der Waals surface area (Å²) in [6, 6.07) is 18.5. The van der Waals surface area contributed by atoms with Crippen LogP contribution in [0.3, 0.4) is 0 Å². The van der Waals surface area contributed by atoms with E-state index in [1.54, 1.807) is 36.0 Å². The van der Waals surface area contributed by atoms with Crippen LogP contribution in [0, 0.1) is 24.2 Å². The van der Waals surface area contributed by atoms with Gasteiger partial charge in [-0.1, -0.05) is 18.2 Å². The fourth-order valence-electron chi connectivity index (χ4n) is 6.09. The van der Waals surface area contributed by atoms with Crippen LogP contribution in [-0.4, -0.2) is 46.9 Å². The highest BCUT2D eigenvalue weighted by atomic mass is 32.1. The van der Waals surface area contributed by atoms with E-state index in [9.17, 15) is 19.6 Å². The van der Waals surface area contributed by atoms with Gasteiger partial charge in [-0.05, 0) is 96.0 Å². The Bertz CT molecular complexity index is 2000. The van der Waals surface area contributed by atoms with Gasteiger partial charge in [0, 0.05) is 29.7 Å². The Balaban J connectivity index is 1.27. The SMILES string of the molecule is CNC(C)(C)CC(C#N)C(=O)N1CCCC(NC(=O)c2sc3nccc4c3c2NC(=O)N4c2ccc(Oc3ccccc3)cc2C)=C1C. The molecule has 0 bridgehead atoms. The summed E-state index contributed by atoms with van der Waals surface area (Å²) in [4.78, 5) is 49.7. The normalized spacial score (nSPS) is 15.2. The highest BCUT2D eigenvalue weighted by molar-refractivity contribution is 7.21. The number of para-hydroxylation sites is 1. The lowest BCUT2D eigenvalue weighted by atomic mass is 9.90. The number of carbonyl (C=O) groups excluding carboxylic acids is 3. The Morgan fingerprint density at radius 2 is 1.90 bits per heavy atom. The number of allylic oxidation sites excluding steroid dienone is 2. The molecule has 0 fully saturated rings. The molecule has 0 saturated carbocycles. The van der Waals surface area contributed by atoms with Crippen molar-refractivity contribution in [3.8, 4) is 17.6 Å². The fraction of sp³-hybridized carbons (Fsp3) is 0.306. The van der Waals surface area contributed by atoms with E-state index in [4.69, 9.17) is 4.74 Å². The molecule has 4 heterocycles. The molecule has 12 heteroatoms. The van der Waals surface area contributed by atoms with Gasteiger partial charge in [-0.2, -0.15) is 5.26 Å². The first-order valence-electron chi connectivity index (χ1n) is 15.8. The monoisotopic (exact) mass is 663 g/mol. The first-order chi connectivity index (χ1) is 23.0. The number of amides is 4. The number of aryl methyl sites for hydroxylation is 1. The van der Waals surface area contributed by atoms with Crippen molar-refractivity contribution < 1.29 is 19.1 Å². The van der Waals surface area contributed by atoms with Crippen molar-refractivity contribution in [2.75, 3.05) is 23.8 Å². The second-order valence-electron chi connectivity index (χ2n) is 12.6. The maximum atomic E-state index is 13.8. The molecule has 0 aliphatic carbocycles. The first-order valence-corrected chi connectivity index (χ1v) is 16.6. The lowest BCUT2D eigenvalue weighted by molar-refractivity contribution is -0.132. The van der Waals surface area contributed by atoms with Crippen molar-refractivity contribution in [3.63, 3.8) is 0 Å². The Kier molecular flexibility index (Phi) is 8.92. The number of ether oxygens (including phenoxy) is 1. The van der Waals surface area contributed by atoms with Crippen LogP contribution in [0.25, 0.3) is 10.2 Å². The van der Waals surface area contributed by atoms with Crippen LogP contribution >= 0.6 is 11.3 Å². The number of rotatable bonds is 9.